The van der Waals surface area contributed by atoms with Crippen molar-refractivity contribution in [3.63, 3.8) is 0 Å². The van der Waals surface area contributed by atoms with Gasteiger partial charge in [-0.05, 0) is 24.7 Å². The van der Waals surface area contributed by atoms with E-state index in [2.05, 4.69) is 13.8 Å². The zero-order chi connectivity index (χ0) is 6.15. The summed E-state index contributed by atoms with van der Waals surface area (Å²) in [6, 6.07) is 0. The molecule has 0 saturated heterocycles. The van der Waals surface area contributed by atoms with Crippen LogP contribution in [0.3, 0.4) is 0 Å². The van der Waals surface area contributed by atoms with Crippen LogP contribution < -0.4 is 0 Å². The standard InChI is InChI=1S/C7H13Cl/c1-5(2)6-3-7(8)4-6/h5-7H,3-4H2,1-2H3. The first-order chi connectivity index (χ1) is 3.70. The lowest BCUT2D eigenvalue weighted by Crippen LogP contribution is -2.27. The Morgan fingerprint density at radius 2 is 1.88 bits per heavy atom. The first-order valence-corrected chi connectivity index (χ1v) is 3.78. The molecule has 0 aromatic rings. The van der Waals surface area contributed by atoms with E-state index in [9.17, 15) is 0 Å². The van der Waals surface area contributed by atoms with Crippen LogP contribution in [-0.2, 0) is 0 Å². The van der Waals surface area contributed by atoms with E-state index < -0.39 is 0 Å². The van der Waals surface area contributed by atoms with Crippen LogP contribution in [0.5, 0.6) is 0 Å². The summed E-state index contributed by atoms with van der Waals surface area (Å²) < 4.78 is 0. The van der Waals surface area contributed by atoms with Crippen molar-refractivity contribution in [1.29, 1.82) is 0 Å². The first kappa shape index (κ1) is 6.41. The number of alkyl halides is 1. The number of hydrogen-bond acceptors (Lipinski definition) is 0. The van der Waals surface area contributed by atoms with Crippen LogP contribution in [0, 0.1) is 11.8 Å². The zero-order valence-electron chi connectivity index (χ0n) is 5.52. The molecule has 1 fully saturated rings. The summed E-state index contributed by atoms with van der Waals surface area (Å²) in [7, 11) is 0. The molecule has 1 rings (SSSR count). The number of hydrogen-bond donors (Lipinski definition) is 0. The van der Waals surface area contributed by atoms with Gasteiger partial charge < -0.3 is 0 Å². The quantitative estimate of drug-likeness (QED) is 0.482. The Hall–Kier alpha value is 0.290. The molecule has 1 heteroatoms. The molecule has 0 aromatic carbocycles. The van der Waals surface area contributed by atoms with Gasteiger partial charge >= 0.3 is 0 Å². The lowest BCUT2D eigenvalue weighted by molar-refractivity contribution is 0.241. The molecule has 0 spiro atoms. The Labute approximate surface area is 56.2 Å². The van der Waals surface area contributed by atoms with Crippen molar-refractivity contribution in [3.05, 3.63) is 0 Å². The molecule has 0 amide bonds. The van der Waals surface area contributed by atoms with Crippen LogP contribution >= 0.6 is 11.6 Å². The van der Waals surface area contributed by atoms with Crippen molar-refractivity contribution in [2.24, 2.45) is 11.8 Å². The fourth-order valence-electron chi connectivity index (χ4n) is 1.13. The Morgan fingerprint density at radius 3 is 2.00 bits per heavy atom. The van der Waals surface area contributed by atoms with Crippen molar-refractivity contribution in [1.82, 2.24) is 0 Å². The Balaban J connectivity index is 2.15. The van der Waals surface area contributed by atoms with Gasteiger partial charge in [0.05, 0.1) is 0 Å². The maximum absolute atomic E-state index is 5.79. The highest BCUT2D eigenvalue weighted by Crippen LogP contribution is 2.36. The number of halogens is 1. The molecule has 0 bridgehead atoms. The minimum Gasteiger partial charge on any atom is -0.123 e. The topological polar surface area (TPSA) is 0 Å². The van der Waals surface area contributed by atoms with Crippen molar-refractivity contribution < 1.29 is 0 Å². The molecular formula is C7H13Cl. The van der Waals surface area contributed by atoms with Crippen LogP contribution in [0.2, 0.25) is 0 Å². The molecule has 0 N–H and O–H groups in total. The Kier molecular flexibility index (Phi) is 1.81. The van der Waals surface area contributed by atoms with E-state index in [4.69, 9.17) is 11.6 Å². The van der Waals surface area contributed by atoms with E-state index in [0.29, 0.717) is 5.38 Å². The van der Waals surface area contributed by atoms with E-state index in [-0.39, 0.29) is 0 Å². The third-order valence-corrected chi connectivity index (χ3v) is 2.42. The van der Waals surface area contributed by atoms with E-state index in [1.807, 2.05) is 0 Å². The third-order valence-electron chi connectivity index (χ3n) is 2.06. The lowest BCUT2D eigenvalue weighted by Gasteiger charge is -2.33. The minimum atomic E-state index is 0.502. The van der Waals surface area contributed by atoms with Crippen molar-refractivity contribution in [3.8, 4) is 0 Å². The molecule has 0 aliphatic heterocycles. The van der Waals surface area contributed by atoms with Crippen molar-refractivity contribution in [2.45, 2.75) is 32.1 Å². The third kappa shape index (κ3) is 1.17. The average molecular weight is 133 g/mol. The van der Waals surface area contributed by atoms with Crippen molar-refractivity contribution in [2.75, 3.05) is 0 Å². The van der Waals surface area contributed by atoms with Gasteiger partial charge in [0.2, 0.25) is 0 Å². The molecule has 0 heterocycles. The molecule has 0 unspecified atom stereocenters. The maximum Gasteiger partial charge on any atom is 0.0341 e. The van der Waals surface area contributed by atoms with Gasteiger partial charge in [0.1, 0.15) is 0 Å². The summed E-state index contributed by atoms with van der Waals surface area (Å²) in [5.41, 5.74) is 0. The van der Waals surface area contributed by atoms with Crippen LogP contribution in [0.4, 0.5) is 0 Å². The van der Waals surface area contributed by atoms with Crippen LogP contribution in [-0.4, -0.2) is 5.38 Å². The SMILES string of the molecule is CC(C)C1CC(Cl)C1. The molecule has 48 valence electrons. The first-order valence-electron chi connectivity index (χ1n) is 3.34. The van der Waals surface area contributed by atoms with Gasteiger partial charge in [-0.1, -0.05) is 13.8 Å². The average Bonchev–Trinajstić information content (AvgIpc) is 1.57. The second-order valence-corrected chi connectivity index (χ2v) is 3.69. The fourth-order valence-corrected chi connectivity index (χ4v) is 1.59. The highest BCUT2D eigenvalue weighted by atomic mass is 35.5. The molecule has 0 aromatic heterocycles. The predicted molar refractivity (Wildman–Crippen MR) is 37.2 cm³/mol. The molecular weight excluding hydrogens is 120 g/mol. The molecule has 1 aliphatic rings. The largest absolute Gasteiger partial charge is 0.123 e. The van der Waals surface area contributed by atoms with E-state index in [0.717, 1.165) is 11.8 Å². The lowest BCUT2D eigenvalue weighted by atomic mass is 9.77. The van der Waals surface area contributed by atoms with E-state index in [1.165, 1.54) is 12.8 Å². The monoisotopic (exact) mass is 132 g/mol. The summed E-state index contributed by atoms with van der Waals surface area (Å²) in [4.78, 5) is 0. The molecule has 8 heavy (non-hydrogen) atoms. The van der Waals surface area contributed by atoms with E-state index in [1.54, 1.807) is 0 Å². The normalized spacial score (nSPS) is 37.5. The van der Waals surface area contributed by atoms with E-state index >= 15 is 0 Å². The Bertz CT molecular complexity index is 72.5. The second kappa shape index (κ2) is 2.26. The van der Waals surface area contributed by atoms with Gasteiger partial charge in [0.15, 0.2) is 0 Å². The molecule has 1 aliphatic carbocycles. The summed E-state index contributed by atoms with van der Waals surface area (Å²) >= 11 is 5.79. The Morgan fingerprint density at radius 1 is 1.38 bits per heavy atom. The minimum absolute atomic E-state index is 0.502. The van der Waals surface area contributed by atoms with Gasteiger partial charge in [0, 0.05) is 5.38 Å². The van der Waals surface area contributed by atoms with Crippen LogP contribution in [0.1, 0.15) is 26.7 Å². The van der Waals surface area contributed by atoms with Gasteiger partial charge in [-0.3, -0.25) is 0 Å². The summed E-state index contributed by atoms with van der Waals surface area (Å²) in [5, 5.41) is 0.502. The highest BCUT2D eigenvalue weighted by Gasteiger charge is 2.28. The zero-order valence-corrected chi connectivity index (χ0v) is 6.28. The van der Waals surface area contributed by atoms with Gasteiger partial charge in [-0.15, -0.1) is 11.6 Å². The van der Waals surface area contributed by atoms with Gasteiger partial charge in [0.25, 0.3) is 0 Å². The second-order valence-electron chi connectivity index (χ2n) is 3.07. The summed E-state index contributed by atoms with van der Waals surface area (Å²) in [6.07, 6.45) is 2.50. The number of rotatable bonds is 1. The summed E-state index contributed by atoms with van der Waals surface area (Å²) in [6.45, 7) is 4.54. The van der Waals surface area contributed by atoms with Crippen LogP contribution in [0.25, 0.3) is 0 Å². The van der Waals surface area contributed by atoms with Gasteiger partial charge in [-0.2, -0.15) is 0 Å². The predicted octanol–water partition coefficient (Wildman–Crippen LogP) is 2.66. The maximum atomic E-state index is 5.79. The summed E-state index contributed by atoms with van der Waals surface area (Å²) in [5.74, 6) is 1.78. The molecule has 1 saturated carbocycles. The molecule has 0 nitrogen and oxygen atoms in total. The highest BCUT2D eigenvalue weighted by molar-refractivity contribution is 6.21. The van der Waals surface area contributed by atoms with Gasteiger partial charge in [-0.25, -0.2) is 0 Å². The molecule has 0 radical (unpaired) electrons. The smallest absolute Gasteiger partial charge is 0.0341 e. The fraction of sp³-hybridized carbons (Fsp3) is 1.00. The molecule has 0 atom stereocenters. The van der Waals surface area contributed by atoms with Crippen LogP contribution in [0.15, 0.2) is 0 Å². The van der Waals surface area contributed by atoms with Crippen molar-refractivity contribution >= 4 is 11.6 Å².